The number of halogens is 2. The number of carbonyl (C=O) groups is 1. The molecule has 0 saturated carbocycles. The minimum absolute atomic E-state index is 0.0256. The minimum Gasteiger partial charge on any atom is -0.343 e. The molecular weight excluding hydrogens is 439 g/mol. The molecule has 168 valence electrons. The van der Waals surface area contributed by atoms with Gasteiger partial charge in [0, 0.05) is 36.6 Å². The number of rotatable bonds is 5. The van der Waals surface area contributed by atoms with E-state index < -0.39 is 0 Å². The first-order chi connectivity index (χ1) is 16.1. The van der Waals surface area contributed by atoms with Crippen LogP contribution in [-0.4, -0.2) is 28.5 Å². The Morgan fingerprint density at radius 1 is 1.21 bits per heavy atom. The van der Waals surface area contributed by atoms with Gasteiger partial charge < -0.3 is 15.2 Å². The number of piperidine rings is 1. The number of anilines is 1. The van der Waals surface area contributed by atoms with Gasteiger partial charge in [-0.2, -0.15) is 0 Å². The van der Waals surface area contributed by atoms with Crippen LogP contribution in [0, 0.1) is 11.7 Å². The molecule has 1 atom stereocenters. The highest BCUT2D eigenvalue weighted by molar-refractivity contribution is 6.33. The van der Waals surface area contributed by atoms with Crippen LogP contribution in [-0.2, 0) is 11.3 Å². The summed E-state index contributed by atoms with van der Waals surface area (Å²) in [5, 5.41) is 7.79. The summed E-state index contributed by atoms with van der Waals surface area (Å²) >= 11 is 6.49. The monoisotopic (exact) mass is 462 g/mol. The lowest BCUT2D eigenvalue weighted by Crippen LogP contribution is -2.37. The molecule has 1 aliphatic heterocycles. The Bertz CT molecular complexity index is 1310. The predicted octanol–water partition coefficient (Wildman–Crippen LogP) is 5.48. The molecule has 5 nitrogen and oxygen atoms in total. The van der Waals surface area contributed by atoms with Gasteiger partial charge in [0.05, 0.1) is 10.9 Å². The molecule has 0 radical (unpaired) electrons. The number of fused-ring (bicyclic) bond motifs is 1. The second kappa shape index (κ2) is 9.33. The molecular formula is C26H24ClFN4O. The summed E-state index contributed by atoms with van der Waals surface area (Å²) in [5.41, 5.74) is 3.62. The van der Waals surface area contributed by atoms with Crippen molar-refractivity contribution in [1.82, 2.24) is 14.9 Å². The number of amides is 1. The van der Waals surface area contributed by atoms with Crippen molar-refractivity contribution < 1.29 is 9.18 Å². The zero-order chi connectivity index (χ0) is 22.8. The van der Waals surface area contributed by atoms with Crippen molar-refractivity contribution >= 4 is 34.2 Å². The van der Waals surface area contributed by atoms with E-state index in [0.717, 1.165) is 47.0 Å². The predicted molar refractivity (Wildman–Crippen MR) is 130 cm³/mol. The Hall–Kier alpha value is -3.22. The van der Waals surface area contributed by atoms with E-state index in [1.165, 1.54) is 6.07 Å². The Balaban J connectivity index is 1.43. The molecule has 1 unspecified atom stereocenters. The van der Waals surface area contributed by atoms with Crippen molar-refractivity contribution in [1.29, 1.82) is 0 Å². The van der Waals surface area contributed by atoms with Gasteiger partial charge in [0.25, 0.3) is 0 Å². The molecule has 2 aromatic heterocycles. The van der Waals surface area contributed by atoms with Gasteiger partial charge >= 0.3 is 0 Å². The maximum atomic E-state index is 13.6. The van der Waals surface area contributed by atoms with E-state index >= 15 is 0 Å². The van der Waals surface area contributed by atoms with Crippen LogP contribution < -0.4 is 10.6 Å². The summed E-state index contributed by atoms with van der Waals surface area (Å²) in [7, 11) is 0. The van der Waals surface area contributed by atoms with Crippen molar-refractivity contribution in [2.75, 3.05) is 18.4 Å². The number of aromatic nitrogens is 2. The molecule has 0 aliphatic carbocycles. The summed E-state index contributed by atoms with van der Waals surface area (Å²) in [5.74, 6) is 0.163. The van der Waals surface area contributed by atoms with Gasteiger partial charge in [-0.1, -0.05) is 35.9 Å². The SMILES string of the molecule is O=C(Nc1cc(-c2ccc3ccn(Cc4cccc(F)c4)c3c2)c(Cl)cn1)C1CCCNC1. The molecule has 1 saturated heterocycles. The van der Waals surface area contributed by atoms with Gasteiger partial charge in [-0.25, -0.2) is 9.37 Å². The molecule has 1 aliphatic rings. The van der Waals surface area contributed by atoms with Crippen molar-refractivity contribution in [2.24, 2.45) is 5.92 Å². The molecule has 1 fully saturated rings. The second-order valence-electron chi connectivity index (χ2n) is 8.43. The number of carbonyl (C=O) groups excluding carboxylic acids is 1. The van der Waals surface area contributed by atoms with Crippen LogP contribution in [0.15, 0.2) is 67.0 Å². The lowest BCUT2D eigenvalue weighted by atomic mass is 9.99. The lowest BCUT2D eigenvalue weighted by Gasteiger charge is -2.21. The van der Waals surface area contributed by atoms with Crippen LogP contribution in [0.5, 0.6) is 0 Å². The van der Waals surface area contributed by atoms with Crippen molar-refractivity contribution in [3.05, 3.63) is 83.4 Å². The average molecular weight is 463 g/mol. The number of nitrogens with zero attached hydrogens (tertiary/aromatic N) is 2. The number of nitrogens with one attached hydrogen (secondary N) is 2. The minimum atomic E-state index is -0.244. The standard InChI is InChI=1S/C26H24ClFN4O/c27-23-15-30-25(31-26(33)20-4-2-9-29-14-20)13-22(23)19-7-6-18-8-10-32(24(18)12-19)16-17-3-1-5-21(28)11-17/h1,3,5-8,10-13,15,20,29H,2,4,9,14,16H2,(H,30,31,33). The molecule has 3 heterocycles. The Kier molecular flexibility index (Phi) is 6.11. The molecule has 0 bridgehead atoms. The van der Waals surface area contributed by atoms with E-state index in [0.29, 0.717) is 23.9 Å². The topological polar surface area (TPSA) is 59.0 Å². The summed E-state index contributed by atoms with van der Waals surface area (Å²) in [4.78, 5) is 16.9. The van der Waals surface area contributed by atoms with Crippen LogP contribution in [0.3, 0.4) is 0 Å². The van der Waals surface area contributed by atoms with Gasteiger partial charge in [0.1, 0.15) is 11.6 Å². The Morgan fingerprint density at radius 3 is 2.94 bits per heavy atom. The number of hydrogen-bond acceptors (Lipinski definition) is 3. The van der Waals surface area contributed by atoms with Crippen LogP contribution in [0.4, 0.5) is 10.2 Å². The number of benzene rings is 2. The second-order valence-corrected chi connectivity index (χ2v) is 8.84. The number of hydrogen-bond donors (Lipinski definition) is 2. The molecule has 7 heteroatoms. The number of pyridine rings is 1. The van der Waals surface area contributed by atoms with Crippen molar-refractivity contribution in [3.63, 3.8) is 0 Å². The van der Waals surface area contributed by atoms with Crippen molar-refractivity contribution in [3.8, 4) is 11.1 Å². The van der Waals surface area contributed by atoms with Crippen LogP contribution >= 0.6 is 11.6 Å². The molecule has 2 aromatic carbocycles. The van der Waals surface area contributed by atoms with Gasteiger partial charge in [0.2, 0.25) is 5.91 Å². The fourth-order valence-corrected chi connectivity index (χ4v) is 4.57. The Morgan fingerprint density at radius 2 is 2.12 bits per heavy atom. The molecule has 0 spiro atoms. The smallest absolute Gasteiger partial charge is 0.229 e. The quantitative estimate of drug-likeness (QED) is 0.412. The normalized spacial score (nSPS) is 16.1. The molecule has 4 aromatic rings. The maximum Gasteiger partial charge on any atom is 0.229 e. The van der Waals surface area contributed by atoms with Gasteiger partial charge in [-0.05, 0) is 66.2 Å². The van der Waals surface area contributed by atoms with E-state index in [-0.39, 0.29) is 17.6 Å². The van der Waals surface area contributed by atoms with Gasteiger partial charge in [-0.3, -0.25) is 4.79 Å². The highest BCUT2D eigenvalue weighted by Gasteiger charge is 2.21. The highest BCUT2D eigenvalue weighted by Crippen LogP contribution is 2.32. The van der Waals surface area contributed by atoms with Crippen LogP contribution in [0.1, 0.15) is 18.4 Å². The fraction of sp³-hybridized carbons (Fsp3) is 0.231. The fourth-order valence-electron chi connectivity index (χ4n) is 4.35. The third-order valence-electron chi connectivity index (χ3n) is 6.10. The largest absolute Gasteiger partial charge is 0.343 e. The maximum absolute atomic E-state index is 13.6. The average Bonchev–Trinajstić information content (AvgIpc) is 3.23. The van der Waals surface area contributed by atoms with Crippen molar-refractivity contribution in [2.45, 2.75) is 19.4 Å². The first-order valence-corrected chi connectivity index (χ1v) is 11.5. The summed E-state index contributed by atoms with van der Waals surface area (Å²) in [6.45, 7) is 2.20. The van der Waals surface area contributed by atoms with E-state index in [9.17, 15) is 9.18 Å². The first-order valence-electron chi connectivity index (χ1n) is 11.1. The molecule has 2 N–H and O–H groups in total. The van der Waals surface area contributed by atoms with E-state index in [1.807, 2.05) is 36.5 Å². The third kappa shape index (κ3) is 4.77. The Labute approximate surface area is 196 Å². The van der Waals surface area contributed by atoms with E-state index in [2.05, 4.69) is 26.3 Å². The molecule has 1 amide bonds. The third-order valence-corrected chi connectivity index (χ3v) is 6.40. The van der Waals surface area contributed by atoms with Crippen LogP contribution in [0.25, 0.3) is 22.0 Å². The van der Waals surface area contributed by atoms with E-state index in [1.54, 1.807) is 18.3 Å². The van der Waals surface area contributed by atoms with Crippen LogP contribution in [0.2, 0.25) is 5.02 Å². The molecule has 33 heavy (non-hydrogen) atoms. The van der Waals surface area contributed by atoms with Gasteiger partial charge in [-0.15, -0.1) is 0 Å². The zero-order valence-electron chi connectivity index (χ0n) is 18.0. The summed E-state index contributed by atoms with van der Waals surface area (Å²) < 4.78 is 15.7. The summed E-state index contributed by atoms with van der Waals surface area (Å²) in [6.07, 6.45) is 5.43. The first kappa shape index (κ1) is 21.6. The lowest BCUT2D eigenvalue weighted by molar-refractivity contribution is -0.120. The summed E-state index contributed by atoms with van der Waals surface area (Å²) in [6, 6.07) is 16.6. The molecule has 5 rings (SSSR count). The van der Waals surface area contributed by atoms with E-state index in [4.69, 9.17) is 11.6 Å². The zero-order valence-corrected chi connectivity index (χ0v) is 18.8. The van der Waals surface area contributed by atoms with Gasteiger partial charge in [0.15, 0.2) is 0 Å². The highest BCUT2D eigenvalue weighted by atomic mass is 35.5.